The lowest BCUT2D eigenvalue weighted by Gasteiger charge is -2.21. The minimum atomic E-state index is -0.975. The molecule has 0 fully saturated rings. The summed E-state index contributed by atoms with van der Waals surface area (Å²) < 4.78 is 11.2. The maximum atomic E-state index is 11.4. The summed E-state index contributed by atoms with van der Waals surface area (Å²) in [6, 6.07) is 14.8. The van der Waals surface area contributed by atoms with Crippen molar-refractivity contribution in [1.29, 1.82) is 0 Å². The molecule has 0 aliphatic heterocycles. The van der Waals surface area contributed by atoms with E-state index < -0.39 is 5.97 Å². The van der Waals surface area contributed by atoms with Gasteiger partial charge in [0.05, 0.1) is 29.2 Å². The highest BCUT2D eigenvalue weighted by atomic mass is 32.2. The smallest absolute Gasteiger partial charge is 0.335 e. The maximum Gasteiger partial charge on any atom is 0.335 e. The molecule has 4 aromatic rings. The number of carbonyl (C=O) groups is 1. The highest BCUT2D eigenvalue weighted by molar-refractivity contribution is 8.00. The number of ether oxygens (including phenoxy) is 1. The number of carboxylic acid groups (broad SMARTS) is 1. The third-order valence-electron chi connectivity index (χ3n) is 6.05. The van der Waals surface area contributed by atoms with E-state index >= 15 is 0 Å². The van der Waals surface area contributed by atoms with Crippen molar-refractivity contribution >= 4 is 29.6 Å². The Labute approximate surface area is 233 Å². The van der Waals surface area contributed by atoms with Crippen LogP contribution >= 0.6 is 11.9 Å². The predicted octanol–water partition coefficient (Wildman–Crippen LogP) is 6.22. The molecule has 204 valence electrons. The third-order valence-corrected chi connectivity index (χ3v) is 6.82. The van der Waals surface area contributed by atoms with E-state index in [1.54, 1.807) is 29.1 Å². The van der Waals surface area contributed by atoms with E-state index in [9.17, 15) is 9.90 Å². The highest BCUT2D eigenvalue weighted by Gasteiger charge is 2.16. The van der Waals surface area contributed by atoms with E-state index in [0.717, 1.165) is 39.4 Å². The molecule has 4 rings (SSSR count). The minimum Gasteiger partial charge on any atom is -0.478 e. The number of benzene rings is 2. The summed E-state index contributed by atoms with van der Waals surface area (Å²) in [4.78, 5) is 21.5. The first-order valence-corrected chi connectivity index (χ1v) is 13.6. The van der Waals surface area contributed by atoms with Gasteiger partial charge in [-0.2, -0.15) is 10.1 Å². The van der Waals surface area contributed by atoms with Gasteiger partial charge in [0, 0.05) is 29.8 Å². The van der Waals surface area contributed by atoms with Gasteiger partial charge >= 0.3 is 5.97 Å². The first-order valence-electron chi connectivity index (χ1n) is 12.8. The highest BCUT2D eigenvalue weighted by Crippen LogP contribution is 2.30. The van der Waals surface area contributed by atoms with Crippen LogP contribution in [0.1, 0.15) is 41.8 Å². The van der Waals surface area contributed by atoms with E-state index in [2.05, 4.69) is 59.9 Å². The Bertz CT molecular complexity index is 1420. The number of nitrogens with one attached hydrogen (secondary N) is 2. The van der Waals surface area contributed by atoms with Gasteiger partial charge in [-0.15, -0.1) is 0 Å². The monoisotopic (exact) mass is 546 g/mol. The molecule has 39 heavy (non-hydrogen) atoms. The summed E-state index contributed by atoms with van der Waals surface area (Å²) in [5, 5.41) is 17.1. The fraction of sp³-hybridized carbons (Fsp3) is 0.310. The van der Waals surface area contributed by atoms with Crippen LogP contribution in [-0.4, -0.2) is 43.5 Å². The first-order chi connectivity index (χ1) is 18.7. The number of aryl methyl sites for hydroxylation is 3. The number of rotatable bonds is 12. The quantitative estimate of drug-likeness (QED) is 0.178. The number of hydrogen-bond donors (Lipinski definition) is 3. The van der Waals surface area contributed by atoms with Crippen LogP contribution in [0, 0.1) is 19.8 Å². The van der Waals surface area contributed by atoms with Crippen molar-refractivity contribution < 1.29 is 14.6 Å². The lowest BCUT2D eigenvalue weighted by Crippen LogP contribution is -2.28. The molecule has 0 saturated carbocycles. The standard InChI is InChI=1S/C29H34N6O3S/c1-18(2)12-22(31-23-15-30-35(5)16-23)17-38-26-14-25(27-19(3)8-6-9-20(27)4)32-29(33-26)34-39-24-11-7-10-21(13-24)28(36)37/h6-11,13-16,18,22,31H,12,17H2,1-5H3,(H,36,37)(H,32,33,34). The molecule has 0 aliphatic rings. The van der Waals surface area contributed by atoms with Crippen LogP contribution in [0.4, 0.5) is 11.6 Å². The van der Waals surface area contributed by atoms with Crippen molar-refractivity contribution in [1.82, 2.24) is 19.7 Å². The van der Waals surface area contributed by atoms with E-state index in [0.29, 0.717) is 24.4 Å². The average Bonchev–Trinajstić information content (AvgIpc) is 3.30. The van der Waals surface area contributed by atoms with Crippen LogP contribution in [0.5, 0.6) is 5.88 Å². The van der Waals surface area contributed by atoms with Crippen LogP contribution in [-0.2, 0) is 7.05 Å². The molecule has 0 saturated heterocycles. The summed E-state index contributed by atoms with van der Waals surface area (Å²) in [6.45, 7) is 8.88. The van der Waals surface area contributed by atoms with E-state index in [1.807, 2.05) is 31.4 Å². The van der Waals surface area contributed by atoms with Gasteiger partial charge < -0.3 is 15.2 Å². The van der Waals surface area contributed by atoms with Gasteiger partial charge in [0.2, 0.25) is 11.8 Å². The SMILES string of the molecule is Cc1cccc(C)c1-c1cc(OCC(CC(C)C)Nc2cnn(C)c2)nc(NSc2cccc(C(=O)O)c2)n1. The lowest BCUT2D eigenvalue weighted by molar-refractivity contribution is 0.0696. The minimum absolute atomic E-state index is 0.0531. The Kier molecular flexibility index (Phi) is 9.08. The molecular weight excluding hydrogens is 512 g/mol. The van der Waals surface area contributed by atoms with Crippen LogP contribution in [0.15, 0.2) is 65.8 Å². The number of nitrogens with zero attached hydrogens (tertiary/aromatic N) is 4. The summed E-state index contributed by atoms with van der Waals surface area (Å²) in [7, 11) is 1.89. The molecule has 1 atom stereocenters. The lowest BCUT2D eigenvalue weighted by atomic mass is 10.00. The fourth-order valence-corrected chi connectivity index (χ4v) is 4.98. The molecule has 1 unspecified atom stereocenters. The fourth-order valence-electron chi connectivity index (χ4n) is 4.34. The number of aromatic carboxylic acids is 1. The van der Waals surface area contributed by atoms with Crippen LogP contribution in [0.2, 0.25) is 0 Å². The molecule has 0 bridgehead atoms. The predicted molar refractivity (Wildman–Crippen MR) is 155 cm³/mol. The van der Waals surface area contributed by atoms with Crippen molar-refractivity contribution in [2.24, 2.45) is 13.0 Å². The summed E-state index contributed by atoms with van der Waals surface area (Å²) in [6.07, 6.45) is 4.65. The summed E-state index contributed by atoms with van der Waals surface area (Å²) >= 11 is 1.25. The number of aromatic nitrogens is 4. The average molecular weight is 547 g/mol. The second-order valence-corrected chi connectivity index (χ2v) is 10.8. The van der Waals surface area contributed by atoms with Crippen molar-refractivity contribution in [3.05, 3.63) is 77.6 Å². The largest absolute Gasteiger partial charge is 0.478 e. The topological polar surface area (TPSA) is 114 Å². The molecule has 0 aliphatic carbocycles. The summed E-state index contributed by atoms with van der Waals surface area (Å²) in [5.74, 6) is 0.314. The molecule has 2 aromatic heterocycles. The van der Waals surface area contributed by atoms with Gasteiger partial charge in [-0.3, -0.25) is 9.40 Å². The van der Waals surface area contributed by atoms with Gasteiger partial charge in [0.15, 0.2) is 0 Å². The number of anilines is 2. The van der Waals surface area contributed by atoms with Gasteiger partial charge in [0.1, 0.15) is 6.61 Å². The van der Waals surface area contributed by atoms with Crippen LogP contribution < -0.4 is 14.8 Å². The van der Waals surface area contributed by atoms with Crippen molar-refractivity contribution in [3.8, 4) is 17.1 Å². The molecule has 2 aromatic carbocycles. The molecule has 0 amide bonds. The Balaban J connectivity index is 1.60. The zero-order valence-corrected chi connectivity index (χ0v) is 23.6. The Morgan fingerprint density at radius 3 is 2.51 bits per heavy atom. The molecule has 0 radical (unpaired) electrons. The van der Waals surface area contributed by atoms with Crippen LogP contribution in [0.3, 0.4) is 0 Å². The van der Waals surface area contributed by atoms with E-state index in [4.69, 9.17) is 9.72 Å². The molecule has 0 spiro atoms. The zero-order valence-electron chi connectivity index (χ0n) is 22.8. The van der Waals surface area contributed by atoms with Crippen molar-refractivity contribution in [3.63, 3.8) is 0 Å². The second-order valence-electron chi connectivity index (χ2n) is 9.90. The van der Waals surface area contributed by atoms with E-state index in [1.165, 1.54) is 11.9 Å². The van der Waals surface area contributed by atoms with Gasteiger partial charge in [-0.05, 0) is 67.5 Å². The third kappa shape index (κ3) is 7.73. The molecule has 10 heteroatoms. The second kappa shape index (κ2) is 12.7. The van der Waals surface area contributed by atoms with Crippen molar-refractivity contribution in [2.75, 3.05) is 16.6 Å². The first kappa shape index (κ1) is 28.0. The van der Waals surface area contributed by atoms with Gasteiger partial charge in [-0.25, -0.2) is 9.78 Å². The number of carboxylic acids is 1. The summed E-state index contributed by atoms with van der Waals surface area (Å²) in [5.41, 5.74) is 5.13. The molecule has 9 nitrogen and oxygen atoms in total. The van der Waals surface area contributed by atoms with Gasteiger partial charge in [0.25, 0.3) is 0 Å². The Hall–Kier alpha value is -4.05. The van der Waals surface area contributed by atoms with E-state index in [-0.39, 0.29) is 11.6 Å². The Morgan fingerprint density at radius 2 is 1.85 bits per heavy atom. The van der Waals surface area contributed by atoms with Gasteiger partial charge in [-0.1, -0.05) is 38.1 Å². The zero-order chi connectivity index (χ0) is 27.9. The Morgan fingerprint density at radius 1 is 1.10 bits per heavy atom. The van der Waals surface area contributed by atoms with Crippen molar-refractivity contribution in [2.45, 2.75) is 45.1 Å². The number of hydrogen-bond acceptors (Lipinski definition) is 8. The molecular formula is C29H34N6O3S. The normalized spacial score (nSPS) is 11.8. The van der Waals surface area contributed by atoms with Crippen LogP contribution in [0.25, 0.3) is 11.3 Å². The molecule has 3 N–H and O–H groups in total. The molecule has 2 heterocycles. The maximum absolute atomic E-state index is 11.4.